The maximum atomic E-state index is 11.1. The van der Waals surface area contributed by atoms with Crippen LogP contribution in [0.5, 0.6) is 0 Å². The van der Waals surface area contributed by atoms with Crippen molar-refractivity contribution in [2.75, 3.05) is 22.1 Å². The number of aryl methyl sites for hydroxylation is 2. The van der Waals surface area contributed by atoms with Gasteiger partial charge in [0, 0.05) is 36.6 Å². The quantitative estimate of drug-likeness (QED) is 0.135. The van der Waals surface area contributed by atoms with E-state index in [2.05, 4.69) is 54.9 Å². The number of halogens is 1. The molecule has 0 atom stereocenters. The first-order valence-corrected chi connectivity index (χ1v) is 14.3. The average molecular weight is 587 g/mol. The van der Waals surface area contributed by atoms with E-state index in [4.69, 9.17) is 9.55 Å². The zero-order valence-corrected chi connectivity index (χ0v) is 21.5. The van der Waals surface area contributed by atoms with Gasteiger partial charge in [-0.05, 0) is 18.9 Å². The third kappa shape index (κ3) is 5.21. The number of para-hydroxylation sites is 1. The Balaban J connectivity index is 1.71. The Bertz CT molecular complexity index is 1280. The molecule has 11 heteroatoms. The topological polar surface area (TPSA) is 91.7 Å². The molecule has 1 aromatic carbocycles. The zero-order chi connectivity index (χ0) is 22.7. The van der Waals surface area contributed by atoms with E-state index in [9.17, 15) is 8.42 Å². The number of imidazole rings is 1. The molecule has 3 aromatic rings. The number of nitrogens with zero attached hydrogens (tertiary/aromatic N) is 5. The Labute approximate surface area is 205 Å². The molecule has 1 aliphatic rings. The van der Waals surface area contributed by atoms with Crippen molar-refractivity contribution < 1.29 is 17.5 Å². The second-order valence-electron chi connectivity index (χ2n) is 7.59. The van der Waals surface area contributed by atoms with Gasteiger partial charge < -0.3 is 9.47 Å². The molecular weight excluding hydrogens is 561 g/mol. The molecule has 0 radical (unpaired) electrons. The van der Waals surface area contributed by atoms with Crippen LogP contribution in [0.1, 0.15) is 30.0 Å². The van der Waals surface area contributed by atoms with E-state index < -0.39 is 10.1 Å². The normalized spacial score (nSPS) is 15.1. The first-order valence-electron chi connectivity index (χ1n) is 10.3. The number of anilines is 1. The smallest absolute Gasteiger partial charge is 0.265 e. The number of unbranched alkanes of at least 4 members (excludes halogenated alkanes) is 1. The molecule has 3 heterocycles. The van der Waals surface area contributed by atoms with Gasteiger partial charge in [0.2, 0.25) is 5.52 Å². The molecule has 1 aliphatic heterocycles. The van der Waals surface area contributed by atoms with Crippen molar-refractivity contribution in [3.8, 4) is 0 Å². The van der Waals surface area contributed by atoms with Crippen molar-refractivity contribution in [1.82, 2.24) is 9.55 Å². The number of hydrogen-bond acceptors (Lipinski definition) is 6. The van der Waals surface area contributed by atoms with E-state index in [1.165, 1.54) is 0 Å². The lowest BCUT2D eigenvalue weighted by atomic mass is 10.2. The van der Waals surface area contributed by atoms with Gasteiger partial charge in [0.15, 0.2) is 12.4 Å². The Morgan fingerprint density at radius 1 is 1.25 bits per heavy atom. The van der Waals surface area contributed by atoms with Crippen LogP contribution in [0.4, 0.5) is 5.82 Å². The molecule has 0 aliphatic carbocycles. The van der Waals surface area contributed by atoms with Crippen molar-refractivity contribution in [2.45, 2.75) is 32.4 Å². The fraction of sp³-hybridized carbons (Fsp3) is 0.381. The van der Waals surface area contributed by atoms with Gasteiger partial charge in [-0.3, -0.25) is 4.55 Å². The van der Waals surface area contributed by atoms with Crippen LogP contribution < -0.4 is 9.47 Å². The van der Waals surface area contributed by atoms with E-state index in [0.717, 1.165) is 49.8 Å². The first kappa shape index (κ1) is 23.3. The summed E-state index contributed by atoms with van der Waals surface area (Å²) >= 11 is 4.07. The summed E-state index contributed by atoms with van der Waals surface area (Å²) in [5, 5.41) is 1.04. The van der Waals surface area contributed by atoms with Gasteiger partial charge in [-0.15, -0.1) is 0 Å². The Morgan fingerprint density at radius 3 is 2.84 bits per heavy atom. The molecule has 8 nitrogen and oxygen atoms in total. The second kappa shape index (κ2) is 9.98. The largest absolute Gasteiger partial charge is 0.327 e. The van der Waals surface area contributed by atoms with E-state index in [1.807, 2.05) is 30.4 Å². The van der Waals surface area contributed by atoms with Crippen molar-refractivity contribution >= 4 is 78.2 Å². The van der Waals surface area contributed by atoms with Crippen molar-refractivity contribution in [2.24, 2.45) is 4.99 Å². The number of rotatable bonds is 9. The molecule has 2 aromatic heterocycles. The second-order valence-corrected chi connectivity index (χ2v) is 11.3. The third-order valence-corrected chi connectivity index (χ3v) is 7.91. The molecule has 0 bridgehead atoms. The average Bonchev–Trinajstić information content (AvgIpc) is 3.33. The van der Waals surface area contributed by atoms with Gasteiger partial charge in [0.05, 0.1) is 24.1 Å². The van der Waals surface area contributed by atoms with E-state index >= 15 is 0 Å². The fourth-order valence-electron chi connectivity index (χ4n) is 3.72. The molecule has 0 amide bonds. The molecule has 0 spiro atoms. The zero-order valence-electron chi connectivity index (χ0n) is 17.7. The van der Waals surface area contributed by atoms with Gasteiger partial charge in [-0.25, -0.2) is 9.98 Å². The third-order valence-electron chi connectivity index (χ3n) is 5.23. The number of thiazole rings is 1. The minimum Gasteiger partial charge on any atom is -0.327 e. The highest BCUT2D eigenvalue weighted by Crippen LogP contribution is 2.32. The van der Waals surface area contributed by atoms with Crippen LogP contribution in [-0.2, 0) is 23.2 Å². The van der Waals surface area contributed by atoms with Crippen LogP contribution in [-0.4, -0.2) is 46.1 Å². The highest BCUT2D eigenvalue weighted by atomic mass is 127. The molecule has 0 saturated heterocycles. The summed E-state index contributed by atoms with van der Waals surface area (Å²) in [5.41, 5.74) is 2.98. The summed E-state index contributed by atoms with van der Waals surface area (Å²) in [4.78, 5) is 11.2. The van der Waals surface area contributed by atoms with Crippen LogP contribution in [0.3, 0.4) is 0 Å². The van der Waals surface area contributed by atoms with E-state index in [0.29, 0.717) is 19.4 Å². The lowest BCUT2D eigenvalue weighted by molar-refractivity contribution is -0.669. The van der Waals surface area contributed by atoms with Crippen LogP contribution in [0.2, 0.25) is 0 Å². The monoisotopic (exact) mass is 586 g/mol. The Morgan fingerprint density at radius 2 is 2.06 bits per heavy atom. The van der Waals surface area contributed by atoms with Crippen LogP contribution >= 0.6 is 33.9 Å². The van der Waals surface area contributed by atoms with E-state index in [1.54, 1.807) is 17.7 Å². The summed E-state index contributed by atoms with van der Waals surface area (Å²) < 4.78 is 37.8. The van der Waals surface area contributed by atoms with Crippen LogP contribution in [0.25, 0.3) is 22.0 Å². The fourth-order valence-corrected chi connectivity index (χ4v) is 5.76. The number of alkyl halides is 1. The molecule has 1 N–H and O–H groups in total. The van der Waals surface area contributed by atoms with Crippen molar-refractivity contribution in [3.05, 3.63) is 41.3 Å². The van der Waals surface area contributed by atoms with Crippen LogP contribution in [0.15, 0.2) is 35.6 Å². The molecular formula is C21H25IN5O3S2+. The number of benzene rings is 1. The Kier molecular flexibility index (Phi) is 7.27. The predicted octanol–water partition coefficient (Wildman–Crippen LogP) is 3.85. The first-order chi connectivity index (χ1) is 15.4. The summed E-state index contributed by atoms with van der Waals surface area (Å²) in [6.45, 7) is 1.54. The maximum absolute atomic E-state index is 11.1. The van der Waals surface area contributed by atoms with Crippen molar-refractivity contribution in [1.29, 1.82) is 0 Å². The molecule has 0 fully saturated rings. The SMILES string of the molecule is CN1C=N/C(=C\c2sc3ccccc3[n+]2CCCCS(=O)(=O)O)c2c1ncn2CCCI. The van der Waals surface area contributed by atoms with Gasteiger partial charge in [0.25, 0.3) is 15.1 Å². The number of aromatic nitrogens is 3. The highest BCUT2D eigenvalue weighted by molar-refractivity contribution is 14.1. The summed E-state index contributed by atoms with van der Waals surface area (Å²) in [7, 11) is -1.99. The number of hydrogen-bond donors (Lipinski definition) is 1. The van der Waals surface area contributed by atoms with Gasteiger partial charge in [-0.2, -0.15) is 13.0 Å². The van der Waals surface area contributed by atoms with Gasteiger partial charge >= 0.3 is 0 Å². The van der Waals surface area contributed by atoms with Gasteiger partial charge in [-0.1, -0.05) is 46.1 Å². The minimum atomic E-state index is -3.94. The minimum absolute atomic E-state index is 0.220. The summed E-state index contributed by atoms with van der Waals surface area (Å²) in [5.74, 6) is 0.669. The molecule has 0 saturated carbocycles. The van der Waals surface area contributed by atoms with E-state index in [-0.39, 0.29) is 5.75 Å². The molecule has 170 valence electrons. The number of fused-ring (bicyclic) bond motifs is 2. The standard InChI is InChI=1S/C21H24IN5O3S2/c1-25-14-23-16(20-21(25)24-15-26(20)10-6-9-22)13-19-27(11-4-5-12-32(28,29)30)17-7-2-3-8-18(17)31-19/h2-3,7-8,13-15H,4-6,9-12H2,1H3/p+1. The summed E-state index contributed by atoms with van der Waals surface area (Å²) in [6, 6.07) is 8.18. The van der Waals surface area contributed by atoms with Gasteiger partial charge in [0.1, 0.15) is 10.4 Å². The van der Waals surface area contributed by atoms with Crippen LogP contribution in [0, 0.1) is 0 Å². The Hall–Kier alpha value is -1.83. The molecule has 4 rings (SSSR count). The van der Waals surface area contributed by atoms with Crippen molar-refractivity contribution in [3.63, 3.8) is 0 Å². The molecule has 0 unspecified atom stereocenters. The maximum Gasteiger partial charge on any atom is 0.265 e. The lowest BCUT2D eigenvalue weighted by Crippen LogP contribution is -2.35. The number of aliphatic imine (C=N–C) groups is 1. The predicted molar refractivity (Wildman–Crippen MR) is 138 cm³/mol. The summed E-state index contributed by atoms with van der Waals surface area (Å²) in [6.07, 6.45) is 7.87. The highest BCUT2D eigenvalue weighted by Gasteiger charge is 2.25. The lowest BCUT2D eigenvalue weighted by Gasteiger charge is -2.19. The molecule has 32 heavy (non-hydrogen) atoms.